The van der Waals surface area contributed by atoms with Crippen molar-refractivity contribution in [3.05, 3.63) is 11.8 Å². The molecule has 1 aromatic rings. The second-order valence-corrected chi connectivity index (χ2v) is 3.60. The summed E-state index contributed by atoms with van der Waals surface area (Å²) >= 11 is 5.48. The molecule has 0 aliphatic heterocycles. The predicted molar refractivity (Wildman–Crippen MR) is 60.3 cm³/mol. The Kier molecular flexibility index (Phi) is 4.42. The van der Waals surface area contributed by atoms with Crippen molar-refractivity contribution in [2.75, 3.05) is 17.7 Å². The summed E-state index contributed by atoms with van der Waals surface area (Å²) in [6.45, 7) is 2.49. The minimum atomic E-state index is -0.252. The maximum atomic E-state index is 11.3. The molecular formula is C9H15ClN4O. The third kappa shape index (κ3) is 3.79. The molecule has 0 fully saturated rings. The summed E-state index contributed by atoms with van der Waals surface area (Å²) in [6, 6.07) is 1.56. The van der Waals surface area contributed by atoms with Gasteiger partial charge in [0.25, 0.3) is 0 Å². The highest BCUT2D eigenvalue weighted by atomic mass is 35.5. The molecule has 2 N–H and O–H groups in total. The van der Waals surface area contributed by atoms with Gasteiger partial charge in [-0.05, 0) is 13.3 Å². The number of carbonyl (C=O) groups excluding carboxylic acids is 1. The zero-order valence-corrected chi connectivity index (χ0v) is 9.64. The van der Waals surface area contributed by atoms with Crippen LogP contribution >= 0.6 is 11.6 Å². The van der Waals surface area contributed by atoms with Crippen LogP contribution in [-0.2, 0) is 7.05 Å². The molecular weight excluding hydrogens is 216 g/mol. The van der Waals surface area contributed by atoms with Crippen LogP contribution in [0.1, 0.15) is 12.1 Å². The highest BCUT2D eigenvalue weighted by molar-refractivity contribution is 6.17. The van der Waals surface area contributed by atoms with E-state index in [-0.39, 0.29) is 6.03 Å². The molecule has 0 saturated carbocycles. The van der Waals surface area contributed by atoms with Crippen molar-refractivity contribution in [1.29, 1.82) is 0 Å². The fourth-order valence-electron chi connectivity index (χ4n) is 1.05. The quantitative estimate of drug-likeness (QED) is 0.608. The van der Waals surface area contributed by atoms with Crippen LogP contribution in [-0.4, -0.2) is 28.2 Å². The third-order valence-electron chi connectivity index (χ3n) is 1.95. The zero-order chi connectivity index (χ0) is 11.3. The van der Waals surface area contributed by atoms with Gasteiger partial charge in [-0.2, -0.15) is 5.10 Å². The number of hydrogen-bond donors (Lipinski definition) is 2. The van der Waals surface area contributed by atoms with Gasteiger partial charge in [-0.3, -0.25) is 10.00 Å². The van der Waals surface area contributed by atoms with Crippen molar-refractivity contribution < 1.29 is 4.79 Å². The Balaban J connectivity index is 2.37. The lowest BCUT2D eigenvalue weighted by Gasteiger charge is -2.03. The molecule has 0 aliphatic rings. The lowest BCUT2D eigenvalue weighted by atomic mass is 10.4. The number of urea groups is 1. The monoisotopic (exact) mass is 230 g/mol. The SMILES string of the molecule is Cc1cc(NC(=O)NCCCCl)nn1C. The smallest absolute Gasteiger partial charge is 0.320 e. The first-order chi connectivity index (χ1) is 7.13. The average Bonchev–Trinajstić information content (AvgIpc) is 2.46. The third-order valence-corrected chi connectivity index (χ3v) is 2.22. The first-order valence-electron chi connectivity index (χ1n) is 4.75. The average molecular weight is 231 g/mol. The molecule has 0 spiro atoms. The van der Waals surface area contributed by atoms with Crippen LogP contribution in [0.3, 0.4) is 0 Å². The van der Waals surface area contributed by atoms with Crippen molar-refractivity contribution >= 4 is 23.4 Å². The number of alkyl halides is 1. The molecule has 0 atom stereocenters. The van der Waals surface area contributed by atoms with E-state index in [2.05, 4.69) is 15.7 Å². The van der Waals surface area contributed by atoms with Gasteiger partial charge in [0, 0.05) is 31.2 Å². The van der Waals surface area contributed by atoms with E-state index in [1.54, 1.807) is 10.7 Å². The second kappa shape index (κ2) is 5.60. The number of carbonyl (C=O) groups is 1. The molecule has 0 unspecified atom stereocenters. The van der Waals surface area contributed by atoms with Gasteiger partial charge in [0.1, 0.15) is 0 Å². The van der Waals surface area contributed by atoms with Crippen molar-refractivity contribution in [2.24, 2.45) is 7.05 Å². The van der Waals surface area contributed by atoms with Crippen molar-refractivity contribution in [3.63, 3.8) is 0 Å². The fourth-order valence-corrected chi connectivity index (χ4v) is 1.18. The van der Waals surface area contributed by atoms with E-state index in [0.29, 0.717) is 18.2 Å². The van der Waals surface area contributed by atoms with Gasteiger partial charge >= 0.3 is 6.03 Å². The lowest BCUT2D eigenvalue weighted by molar-refractivity contribution is 0.252. The molecule has 0 saturated heterocycles. The Morgan fingerprint density at radius 3 is 2.93 bits per heavy atom. The normalized spacial score (nSPS) is 10.1. The molecule has 1 heterocycles. The number of aryl methyl sites for hydroxylation is 2. The van der Waals surface area contributed by atoms with Crippen LogP contribution in [0.5, 0.6) is 0 Å². The Morgan fingerprint density at radius 1 is 1.67 bits per heavy atom. The van der Waals surface area contributed by atoms with Crippen LogP contribution in [0, 0.1) is 6.92 Å². The highest BCUT2D eigenvalue weighted by Crippen LogP contribution is 2.05. The molecule has 1 aromatic heterocycles. The van der Waals surface area contributed by atoms with Crippen molar-refractivity contribution in [3.8, 4) is 0 Å². The Labute approximate surface area is 93.8 Å². The van der Waals surface area contributed by atoms with Gasteiger partial charge < -0.3 is 5.32 Å². The molecule has 0 bridgehead atoms. The summed E-state index contributed by atoms with van der Waals surface area (Å²) in [6.07, 6.45) is 0.760. The van der Waals surface area contributed by atoms with Crippen molar-refractivity contribution in [2.45, 2.75) is 13.3 Å². The standard InChI is InChI=1S/C9H15ClN4O/c1-7-6-8(13-14(7)2)12-9(15)11-5-3-4-10/h6H,3-5H2,1-2H3,(H2,11,12,13,15). The van der Waals surface area contributed by atoms with Gasteiger partial charge in [-0.25, -0.2) is 4.79 Å². The Hall–Kier alpha value is -1.23. The van der Waals surface area contributed by atoms with Crippen molar-refractivity contribution in [1.82, 2.24) is 15.1 Å². The molecule has 2 amide bonds. The van der Waals surface area contributed by atoms with E-state index in [1.165, 1.54) is 0 Å². The summed E-state index contributed by atoms with van der Waals surface area (Å²) in [5.74, 6) is 1.10. The van der Waals surface area contributed by atoms with Gasteiger partial charge in [-0.15, -0.1) is 11.6 Å². The molecule has 15 heavy (non-hydrogen) atoms. The zero-order valence-electron chi connectivity index (χ0n) is 8.88. The molecule has 0 aromatic carbocycles. The maximum absolute atomic E-state index is 11.3. The Morgan fingerprint density at radius 2 is 2.40 bits per heavy atom. The van der Waals surface area contributed by atoms with Gasteiger partial charge in [0.05, 0.1) is 0 Å². The highest BCUT2D eigenvalue weighted by Gasteiger charge is 2.04. The topological polar surface area (TPSA) is 59.0 Å². The first kappa shape index (κ1) is 11.8. The summed E-state index contributed by atoms with van der Waals surface area (Å²) < 4.78 is 1.70. The molecule has 0 aliphatic carbocycles. The minimum Gasteiger partial charge on any atom is -0.338 e. The molecule has 1 rings (SSSR count). The van der Waals surface area contributed by atoms with Gasteiger partial charge in [0.2, 0.25) is 0 Å². The number of amides is 2. The van der Waals surface area contributed by atoms with Gasteiger partial charge in [0.15, 0.2) is 5.82 Å². The van der Waals surface area contributed by atoms with Crippen LogP contribution < -0.4 is 10.6 Å². The van der Waals surface area contributed by atoms with E-state index in [4.69, 9.17) is 11.6 Å². The molecule has 84 valence electrons. The summed E-state index contributed by atoms with van der Waals surface area (Å²) in [5.41, 5.74) is 0.992. The molecule has 6 heteroatoms. The molecule has 5 nitrogen and oxygen atoms in total. The van der Waals surface area contributed by atoms with E-state index in [1.807, 2.05) is 14.0 Å². The lowest BCUT2D eigenvalue weighted by Crippen LogP contribution is -2.29. The molecule has 0 radical (unpaired) electrons. The fraction of sp³-hybridized carbons (Fsp3) is 0.556. The van der Waals surface area contributed by atoms with Crippen LogP contribution in [0.25, 0.3) is 0 Å². The first-order valence-corrected chi connectivity index (χ1v) is 5.28. The summed E-state index contributed by atoms with van der Waals surface area (Å²) in [7, 11) is 1.83. The van der Waals surface area contributed by atoms with Crippen LogP contribution in [0.15, 0.2) is 6.07 Å². The maximum Gasteiger partial charge on any atom is 0.320 e. The van der Waals surface area contributed by atoms with E-state index < -0.39 is 0 Å². The predicted octanol–water partition coefficient (Wildman–Crippen LogP) is 1.48. The number of hydrogen-bond acceptors (Lipinski definition) is 2. The largest absolute Gasteiger partial charge is 0.338 e. The van der Waals surface area contributed by atoms with Crippen LogP contribution in [0.2, 0.25) is 0 Å². The number of rotatable bonds is 4. The number of aromatic nitrogens is 2. The number of anilines is 1. The number of halogens is 1. The van der Waals surface area contributed by atoms with E-state index in [9.17, 15) is 4.79 Å². The second-order valence-electron chi connectivity index (χ2n) is 3.22. The van der Waals surface area contributed by atoms with E-state index >= 15 is 0 Å². The number of nitrogens with zero attached hydrogens (tertiary/aromatic N) is 2. The number of nitrogens with one attached hydrogen (secondary N) is 2. The Bertz CT molecular complexity index is 317. The van der Waals surface area contributed by atoms with E-state index in [0.717, 1.165) is 12.1 Å². The van der Waals surface area contributed by atoms with Gasteiger partial charge in [-0.1, -0.05) is 0 Å². The van der Waals surface area contributed by atoms with Crippen LogP contribution in [0.4, 0.5) is 10.6 Å². The summed E-state index contributed by atoms with van der Waals surface area (Å²) in [5, 5.41) is 9.41. The minimum absolute atomic E-state index is 0.252. The summed E-state index contributed by atoms with van der Waals surface area (Å²) in [4.78, 5) is 11.3.